The van der Waals surface area contributed by atoms with E-state index in [9.17, 15) is 18.0 Å². The fraction of sp³-hybridized carbons (Fsp3) is 0.364. The molecule has 0 bridgehead atoms. The van der Waals surface area contributed by atoms with Crippen LogP contribution in [0.5, 0.6) is 11.5 Å². The molecular weight excluding hydrogens is 434 g/mol. The van der Waals surface area contributed by atoms with Crippen LogP contribution in [0, 0.1) is 0 Å². The lowest BCUT2D eigenvalue weighted by atomic mass is 10.2. The number of ether oxygens (including phenoxy) is 2. The monoisotopic (exact) mass is 459 g/mol. The molecule has 9 nitrogen and oxygen atoms in total. The van der Waals surface area contributed by atoms with Crippen molar-refractivity contribution in [1.29, 1.82) is 0 Å². The number of fused-ring (bicyclic) bond motifs is 1. The number of benzene rings is 2. The Balaban J connectivity index is 1.53. The van der Waals surface area contributed by atoms with E-state index in [2.05, 4.69) is 5.32 Å². The van der Waals surface area contributed by atoms with Crippen LogP contribution < -0.4 is 19.7 Å². The minimum absolute atomic E-state index is 0.0772. The van der Waals surface area contributed by atoms with E-state index in [0.717, 1.165) is 12.8 Å². The maximum absolute atomic E-state index is 12.9. The number of anilines is 2. The summed E-state index contributed by atoms with van der Waals surface area (Å²) in [6, 6.07) is 11.3. The third-order valence-corrected chi connectivity index (χ3v) is 7.22. The van der Waals surface area contributed by atoms with Gasteiger partial charge in [-0.2, -0.15) is 4.31 Å². The van der Waals surface area contributed by atoms with Crippen molar-refractivity contribution in [3.63, 3.8) is 0 Å². The van der Waals surface area contributed by atoms with Gasteiger partial charge in [0.2, 0.25) is 15.9 Å². The van der Waals surface area contributed by atoms with Gasteiger partial charge in [0.15, 0.2) is 6.61 Å². The fourth-order valence-corrected chi connectivity index (χ4v) is 5.28. The molecule has 2 heterocycles. The average Bonchev–Trinajstić information content (AvgIpc) is 3.33. The zero-order valence-electron chi connectivity index (χ0n) is 17.7. The van der Waals surface area contributed by atoms with Crippen LogP contribution in [0.4, 0.5) is 11.4 Å². The van der Waals surface area contributed by atoms with E-state index in [4.69, 9.17) is 9.47 Å². The Kier molecular flexibility index (Phi) is 6.33. The standard InChI is InChI=1S/C22H25N3O6S/c1-2-30-17-7-5-16(6-8-17)23-21(26)14-25-19-13-18(9-10-20(19)31-15-22(25)27)32(28,29)24-11-3-4-12-24/h5-10,13H,2-4,11-12,14-15H2,1H3,(H,23,26). The number of rotatable bonds is 7. The van der Waals surface area contributed by atoms with Gasteiger partial charge in [0.25, 0.3) is 5.91 Å². The van der Waals surface area contributed by atoms with Crippen LogP contribution in [-0.4, -0.2) is 57.4 Å². The highest BCUT2D eigenvalue weighted by Gasteiger charge is 2.32. The fourth-order valence-electron chi connectivity index (χ4n) is 3.74. The summed E-state index contributed by atoms with van der Waals surface area (Å²) in [5.74, 6) is 0.214. The molecule has 1 saturated heterocycles. The van der Waals surface area contributed by atoms with Gasteiger partial charge in [-0.3, -0.25) is 14.5 Å². The van der Waals surface area contributed by atoms with Crippen molar-refractivity contribution >= 4 is 33.2 Å². The Morgan fingerprint density at radius 3 is 2.53 bits per heavy atom. The Bertz CT molecular complexity index is 1110. The summed E-state index contributed by atoms with van der Waals surface area (Å²) in [6.45, 7) is 2.89. The van der Waals surface area contributed by atoms with Crippen LogP contribution in [0.15, 0.2) is 47.4 Å². The number of hydrogen-bond acceptors (Lipinski definition) is 6. The molecular formula is C22H25N3O6S. The molecule has 0 unspecified atom stereocenters. The summed E-state index contributed by atoms with van der Waals surface area (Å²) in [5, 5.41) is 2.74. The van der Waals surface area contributed by atoms with Crippen LogP contribution in [-0.2, 0) is 19.6 Å². The van der Waals surface area contributed by atoms with Crippen molar-refractivity contribution in [2.24, 2.45) is 0 Å². The van der Waals surface area contributed by atoms with E-state index in [1.807, 2.05) is 6.92 Å². The Hall–Kier alpha value is -3.11. The van der Waals surface area contributed by atoms with Crippen molar-refractivity contribution in [3.05, 3.63) is 42.5 Å². The quantitative estimate of drug-likeness (QED) is 0.681. The number of carbonyl (C=O) groups is 2. The molecule has 2 aliphatic rings. The van der Waals surface area contributed by atoms with Gasteiger partial charge in [0.1, 0.15) is 18.0 Å². The topological polar surface area (TPSA) is 105 Å². The molecule has 0 saturated carbocycles. The third kappa shape index (κ3) is 4.56. The predicted molar refractivity (Wildman–Crippen MR) is 119 cm³/mol. The number of nitrogens with one attached hydrogen (secondary N) is 1. The molecule has 4 rings (SSSR count). The molecule has 1 N–H and O–H groups in total. The second kappa shape index (κ2) is 9.17. The molecule has 32 heavy (non-hydrogen) atoms. The van der Waals surface area contributed by atoms with Gasteiger partial charge in [0.05, 0.1) is 17.2 Å². The predicted octanol–water partition coefficient (Wildman–Crippen LogP) is 2.23. The first-order valence-electron chi connectivity index (χ1n) is 10.5. The Morgan fingerprint density at radius 2 is 1.84 bits per heavy atom. The van der Waals surface area contributed by atoms with E-state index in [1.165, 1.54) is 27.4 Å². The first-order valence-corrected chi connectivity index (χ1v) is 11.9. The molecule has 0 aromatic heterocycles. The van der Waals surface area contributed by atoms with Gasteiger partial charge in [-0.25, -0.2) is 8.42 Å². The zero-order chi connectivity index (χ0) is 22.7. The van der Waals surface area contributed by atoms with E-state index >= 15 is 0 Å². The normalized spacial score (nSPS) is 16.4. The van der Waals surface area contributed by atoms with Crippen LogP contribution in [0.25, 0.3) is 0 Å². The van der Waals surface area contributed by atoms with Gasteiger partial charge < -0.3 is 14.8 Å². The van der Waals surface area contributed by atoms with E-state index in [-0.39, 0.29) is 23.7 Å². The van der Waals surface area contributed by atoms with Gasteiger partial charge in [-0.1, -0.05) is 0 Å². The van der Waals surface area contributed by atoms with E-state index in [0.29, 0.717) is 36.9 Å². The number of amides is 2. The highest BCUT2D eigenvalue weighted by atomic mass is 32.2. The van der Waals surface area contributed by atoms with Gasteiger partial charge in [-0.15, -0.1) is 0 Å². The molecule has 170 valence electrons. The molecule has 1 fully saturated rings. The first kappa shape index (κ1) is 22.1. The van der Waals surface area contributed by atoms with Gasteiger partial charge in [-0.05, 0) is 62.2 Å². The molecule has 2 amide bonds. The van der Waals surface area contributed by atoms with Crippen LogP contribution in [0.1, 0.15) is 19.8 Å². The smallest absolute Gasteiger partial charge is 0.265 e. The lowest BCUT2D eigenvalue weighted by molar-refractivity contribution is -0.123. The number of hydrogen-bond donors (Lipinski definition) is 1. The summed E-state index contributed by atoms with van der Waals surface area (Å²) < 4.78 is 38.1. The van der Waals surface area contributed by atoms with Crippen molar-refractivity contribution in [2.45, 2.75) is 24.7 Å². The van der Waals surface area contributed by atoms with Crippen molar-refractivity contribution < 1.29 is 27.5 Å². The SMILES string of the molecule is CCOc1ccc(NC(=O)CN2C(=O)COc3ccc(S(=O)(=O)N4CCCC4)cc32)cc1. The van der Waals surface area contributed by atoms with Gasteiger partial charge >= 0.3 is 0 Å². The van der Waals surface area contributed by atoms with E-state index < -0.39 is 21.8 Å². The largest absolute Gasteiger partial charge is 0.494 e. The lowest BCUT2D eigenvalue weighted by Crippen LogP contribution is -2.43. The zero-order valence-corrected chi connectivity index (χ0v) is 18.6. The Morgan fingerprint density at radius 1 is 1.12 bits per heavy atom. The second-order valence-electron chi connectivity index (χ2n) is 7.51. The molecule has 0 radical (unpaired) electrons. The maximum Gasteiger partial charge on any atom is 0.265 e. The minimum atomic E-state index is -3.67. The molecule has 0 spiro atoms. The molecule has 2 aromatic rings. The van der Waals surface area contributed by atoms with Crippen LogP contribution in [0.3, 0.4) is 0 Å². The average molecular weight is 460 g/mol. The summed E-state index contributed by atoms with van der Waals surface area (Å²) in [4.78, 5) is 26.5. The Labute approximate surface area is 187 Å². The summed E-state index contributed by atoms with van der Waals surface area (Å²) >= 11 is 0. The molecule has 2 aromatic carbocycles. The first-order chi connectivity index (χ1) is 15.4. The number of sulfonamides is 1. The molecule has 10 heteroatoms. The maximum atomic E-state index is 12.9. The van der Waals surface area contributed by atoms with Crippen LogP contribution >= 0.6 is 0 Å². The number of nitrogens with zero attached hydrogens (tertiary/aromatic N) is 2. The molecule has 0 aliphatic carbocycles. The number of carbonyl (C=O) groups excluding carboxylic acids is 2. The summed E-state index contributed by atoms with van der Waals surface area (Å²) in [6.07, 6.45) is 1.65. The van der Waals surface area contributed by atoms with Crippen molar-refractivity contribution in [2.75, 3.05) is 43.1 Å². The summed E-state index contributed by atoms with van der Waals surface area (Å²) in [7, 11) is -3.67. The third-order valence-electron chi connectivity index (χ3n) is 5.33. The van der Waals surface area contributed by atoms with Crippen molar-refractivity contribution in [1.82, 2.24) is 4.31 Å². The highest BCUT2D eigenvalue weighted by molar-refractivity contribution is 7.89. The highest BCUT2D eigenvalue weighted by Crippen LogP contribution is 2.35. The second-order valence-corrected chi connectivity index (χ2v) is 9.45. The molecule has 0 atom stereocenters. The van der Waals surface area contributed by atoms with Crippen LogP contribution in [0.2, 0.25) is 0 Å². The van der Waals surface area contributed by atoms with E-state index in [1.54, 1.807) is 24.3 Å². The lowest BCUT2D eigenvalue weighted by Gasteiger charge is -2.29. The summed E-state index contributed by atoms with van der Waals surface area (Å²) in [5.41, 5.74) is 0.827. The van der Waals surface area contributed by atoms with Crippen molar-refractivity contribution in [3.8, 4) is 11.5 Å². The van der Waals surface area contributed by atoms with Gasteiger partial charge in [0, 0.05) is 18.8 Å². The molecule has 2 aliphatic heterocycles. The minimum Gasteiger partial charge on any atom is -0.494 e.